The standard InChI is InChI=1S/C16H23N3O3/c1-13-4-6-18(7-5-13)16(21)19-10-8-17(9-11-19)15(20)14-3-2-12-22-14/h2-3,12-13H,4-11H2,1H3. The van der Waals surface area contributed by atoms with Gasteiger partial charge in [-0.05, 0) is 30.9 Å². The molecule has 2 aliphatic heterocycles. The van der Waals surface area contributed by atoms with Crippen molar-refractivity contribution in [3.05, 3.63) is 24.2 Å². The topological polar surface area (TPSA) is 57.0 Å². The van der Waals surface area contributed by atoms with E-state index in [2.05, 4.69) is 6.92 Å². The zero-order valence-electron chi connectivity index (χ0n) is 13.0. The van der Waals surface area contributed by atoms with Gasteiger partial charge >= 0.3 is 6.03 Å². The van der Waals surface area contributed by atoms with E-state index in [1.165, 1.54) is 6.26 Å². The summed E-state index contributed by atoms with van der Waals surface area (Å²) in [6, 6.07) is 3.51. The number of furan rings is 1. The minimum absolute atomic E-state index is 0.0936. The second-order valence-corrected chi connectivity index (χ2v) is 6.21. The van der Waals surface area contributed by atoms with Gasteiger partial charge in [0.2, 0.25) is 0 Å². The highest BCUT2D eigenvalue weighted by molar-refractivity contribution is 5.91. The summed E-state index contributed by atoms with van der Waals surface area (Å²) in [5.41, 5.74) is 0. The Kier molecular flexibility index (Phi) is 4.36. The predicted molar refractivity (Wildman–Crippen MR) is 81.6 cm³/mol. The predicted octanol–water partition coefficient (Wildman–Crippen LogP) is 1.89. The molecule has 120 valence electrons. The number of piperidine rings is 1. The molecule has 6 heteroatoms. The smallest absolute Gasteiger partial charge is 0.320 e. The van der Waals surface area contributed by atoms with Gasteiger partial charge in [-0.3, -0.25) is 4.79 Å². The van der Waals surface area contributed by atoms with E-state index in [0.29, 0.717) is 37.9 Å². The van der Waals surface area contributed by atoms with E-state index in [9.17, 15) is 9.59 Å². The summed E-state index contributed by atoms with van der Waals surface area (Å²) in [5, 5.41) is 0. The zero-order chi connectivity index (χ0) is 15.5. The number of likely N-dealkylation sites (tertiary alicyclic amines) is 1. The number of carbonyl (C=O) groups excluding carboxylic acids is 2. The van der Waals surface area contributed by atoms with Crippen LogP contribution in [0.25, 0.3) is 0 Å². The molecule has 2 aliphatic rings. The molecule has 0 N–H and O–H groups in total. The molecule has 0 radical (unpaired) electrons. The normalized spacial score (nSPS) is 20.3. The maximum Gasteiger partial charge on any atom is 0.320 e. The summed E-state index contributed by atoms with van der Waals surface area (Å²) in [6.07, 6.45) is 3.68. The second kappa shape index (κ2) is 6.42. The van der Waals surface area contributed by atoms with Crippen LogP contribution in [0.1, 0.15) is 30.3 Å². The van der Waals surface area contributed by atoms with Crippen molar-refractivity contribution in [1.29, 1.82) is 0 Å². The number of amides is 3. The number of urea groups is 1. The van der Waals surface area contributed by atoms with Gasteiger partial charge in [0.25, 0.3) is 5.91 Å². The number of nitrogens with zero attached hydrogens (tertiary/aromatic N) is 3. The summed E-state index contributed by atoms with van der Waals surface area (Å²) >= 11 is 0. The van der Waals surface area contributed by atoms with Crippen molar-refractivity contribution >= 4 is 11.9 Å². The lowest BCUT2D eigenvalue weighted by molar-refractivity contribution is 0.0598. The Morgan fingerprint density at radius 2 is 1.59 bits per heavy atom. The first-order valence-electron chi connectivity index (χ1n) is 8.02. The molecule has 0 spiro atoms. The van der Waals surface area contributed by atoms with Crippen LogP contribution in [0.5, 0.6) is 0 Å². The quantitative estimate of drug-likeness (QED) is 0.796. The average Bonchev–Trinajstić information content (AvgIpc) is 3.09. The van der Waals surface area contributed by atoms with Gasteiger partial charge in [-0.25, -0.2) is 4.79 Å². The van der Waals surface area contributed by atoms with E-state index in [1.54, 1.807) is 17.0 Å². The van der Waals surface area contributed by atoms with Crippen LogP contribution in [-0.2, 0) is 0 Å². The molecule has 6 nitrogen and oxygen atoms in total. The van der Waals surface area contributed by atoms with Gasteiger partial charge in [0.05, 0.1) is 6.26 Å². The maximum atomic E-state index is 12.5. The van der Waals surface area contributed by atoms with E-state index < -0.39 is 0 Å². The van der Waals surface area contributed by atoms with Crippen molar-refractivity contribution in [3.8, 4) is 0 Å². The lowest BCUT2D eigenvalue weighted by atomic mass is 9.99. The highest BCUT2D eigenvalue weighted by Crippen LogP contribution is 2.18. The van der Waals surface area contributed by atoms with Gasteiger partial charge in [0.1, 0.15) is 0 Å². The Bertz CT molecular complexity index is 513. The van der Waals surface area contributed by atoms with Crippen LogP contribution in [0.15, 0.2) is 22.8 Å². The first-order chi connectivity index (χ1) is 10.6. The van der Waals surface area contributed by atoms with Crippen molar-refractivity contribution in [2.75, 3.05) is 39.3 Å². The molecule has 0 aromatic carbocycles. The monoisotopic (exact) mass is 305 g/mol. The van der Waals surface area contributed by atoms with E-state index in [-0.39, 0.29) is 11.9 Å². The second-order valence-electron chi connectivity index (χ2n) is 6.21. The summed E-state index contributed by atoms with van der Waals surface area (Å²) < 4.78 is 5.15. The Morgan fingerprint density at radius 1 is 1.00 bits per heavy atom. The fraction of sp³-hybridized carbons (Fsp3) is 0.625. The largest absolute Gasteiger partial charge is 0.459 e. The van der Waals surface area contributed by atoms with E-state index in [1.807, 2.05) is 9.80 Å². The van der Waals surface area contributed by atoms with Crippen molar-refractivity contribution in [2.24, 2.45) is 5.92 Å². The molecule has 22 heavy (non-hydrogen) atoms. The molecule has 1 aromatic heterocycles. The van der Waals surface area contributed by atoms with Gasteiger partial charge < -0.3 is 19.1 Å². The summed E-state index contributed by atoms with van der Waals surface area (Å²) in [4.78, 5) is 30.3. The minimum atomic E-state index is -0.0936. The number of hydrogen-bond donors (Lipinski definition) is 0. The average molecular weight is 305 g/mol. The van der Waals surface area contributed by atoms with Crippen LogP contribution in [0.2, 0.25) is 0 Å². The fourth-order valence-corrected chi connectivity index (χ4v) is 3.06. The lowest BCUT2D eigenvalue weighted by Crippen LogP contribution is -2.55. The molecule has 3 rings (SSSR count). The minimum Gasteiger partial charge on any atom is -0.459 e. The van der Waals surface area contributed by atoms with Crippen LogP contribution in [0.3, 0.4) is 0 Å². The van der Waals surface area contributed by atoms with Crippen LogP contribution >= 0.6 is 0 Å². The maximum absolute atomic E-state index is 12.5. The molecule has 0 aliphatic carbocycles. The highest BCUT2D eigenvalue weighted by Gasteiger charge is 2.29. The van der Waals surface area contributed by atoms with Gasteiger partial charge in [-0.15, -0.1) is 0 Å². The fourth-order valence-electron chi connectivity index (χ4n) is 3.06. The molecule has 2 fully saturated rings. The van der Waals surface area contributed by atoms with Crippen molar-refractivity contribution in [3.63, 3.8) is 0 Å². The van der Waals surface area contributed by atoms with Gasteiger partial charge in [0.15, 0.2) is 5.76 Å². The van der Waals surface area contributed by atoms with Crippen molar-refractivity contribution in [2.45, 2.75) is 19.8 Å². The van der Waals surface area contributed by atoms with Crippen LogP contribution in [0.4, 0.5) is 4.79 Å². The molecule has 3 amide bonds. The number of carbonyl (C=O) groups is 2. The van der Waals surface area contributed by atoms with Gasteiger partial charge in [0, 0.05) is 39.3 Å². The van der Waals surface area contributed by atoms with E-state index in [4.69, 9.17) is 4.42 Å². The Hall–Kier alpha value is -1.98. The van der Waals surface area contributed by atoms with Crippen LogP contribution in [0, 0.1) is 5.92 Å². The molecule has 2 saturated heterocycles. The van der Waals surface area contributed by atoms with Gasteiger partial charge in [-0.2, -0.15) is 0 Å². The van der Waals surface area contributed by atoms with E-state index in [0.717, 1.165) is 25.9 Å². The number of hydrogen-bond acceptors (Lipinski definition) is 3. The third kappa shape index (κ3) is 3.10. The number of rotatable bonds is 1. The number of piperazine rings is 1. The third-order valence-electron chi connectivity index (χ3n) is 4.62. The molecule has 0 saturated carbocycles. The van der Waals surface area contributed by atoms with Crippen molar-refractivity contribution < 1.29 is 14.0 Å². The Morgan fingerprint density at radius 3 is 2.18 bits per heavy atom. The SMILES string of the molecule is CC1CCN(C(=O)N2CCN(C(=O)c3ccco3)CC2)CC1. The zero-order valence-corrected chi connectivity index (χ0v) is 13.0. The third-order valence-corrected chi connectivity index (χ3v) is 4.62. The molecule has 0 bridgehead atoms. The Balaban J connectivity index is 1.51. The first-order valence-corrected chi connectivity index (χ1v) is 8.02. The summed E-state index contributed by atoms with van der Waals surface area (Å²) in [5.74, 6) is 0.987. The summed E-state index contributed by atoms with van der Waals surface area (Å²) in [7, 11) is 0. The van der Waals surface area contributed by atoms with Gasteiger partial charge in [-0.1, -0.05) is 6.92 Å². The van der Waals surface area contributed by atoms with Crippen LogP contribution in [-0.4, -0.2) is 65.9 Å². The molecular formula is C16H23N3O3. The Labute approximate surface area is 130 Å². The summed E-state index contributed by atoms with van der Waals surface area (Å²) in [6.45, 7) is 6.26. The molecule has 1 aromatic rings. The molecule has 3 heterocycles. The molecular weight excluding hydrogens is 282 g/mol. The molecule has 0 unspecified atom stereocenters. The van der Waals surface area contributed by atoms with Crippen molar-refractivity contribution in [1.82, 2.24) is 14.7 Å². The lowest BCUT2D eigenvalue weighted by Gasteiger charge is -2.39. The van der Waals surface area contributed by atoms with Crippen LogP contribution < -0.4 is 0 Å². The highest BCUT2D eigenvalue weighted by atomic mass is 16.3. The molecule has 0 atom stereocenters. The first kappa shape index (κ1) is 14.9. The van der Waals surface area contributed by atoms with E-state index >= 15 is 0 Å².